The van der Waals surface area contributed by atoms with Gasteiger partial charge in [0, 0.05) is 0 Å². The summed E-state index contributed by atoms with van der Waals surface area (Å²) in [5.74, 6) is -1.26. The van der Waals surface area contributed by atoms with Gasteiger partial charge in [0.25, 0.3) is 0 Å². The fourth-order valence-corrected chi connectivity index (χ4v) is 2.06. The highest BCUT2D eigenvalue weighted by atomic mass is 32.1. The van der Waals surface area contributed by atoms with Crippen molar-refractivity contribution in [2.45, 2.75) is 0 Å². The second kappa shape index (κ2) is 3.26. The molecule has 0 spiro atoms. The van der Waals surface area contributed by atoms with Crippen molar-refractivity contribution >= 4 is 28.8 Å². The summed E-state index contributed by atoms with van der Waals surface area (Å²) >= 11 is 1.31. The van der Waals surface area contributed by atoms with Crippen LogP contribution in [0.3, 0.4) is 0 Å². The highest BCUT2D eigenvalue weighted by molar-refractivity contribution is 7.12. The number of carbonyl (C=O) groups is 2. The highest BCUT2D eigenvalue weighted by Gasteiger charge is 2.31. The molecule has 2 heterocycles. The van der Waals surface area contributed by atoms with Gasteiger partial charge in [0.15, 0.2) is 0 Å². The van der Waals surface area contributed by atoms with Crippen LogP contribution in [0.15, 0.2) is 17.7 Å². The van der Waals surface area contributed by atoms with Crippen molar-refractivity contribution in [1.29, 1.82) is 0 Å². The summed E-state index contributed by atoms with van der Waals surface area (Å²) in [7, 11) is 1.43. The van der Waals surface area contributed by atoms with Gasteiger partial charge in [-0.2, -0.15) is 0 Å². The van der Waals surface area contributed by atoms with Crippen molar-refractivity contribution < 1.29 is 19.1 Å². The van der Waals surface area contributed by atoms with E-state index in [4.69, 9.17) is 4.74 Å². The zero-order valence-corrected chi connectivity index (χ0v) is 8.09. The maximum Gasteiger partial charge on any atom is 0.350 e. The molecule has 0 N–H and O–H groups in total. The molecule has 0 saturated carbocycles. The van der Waals surface area contributed by atoms with Crippen molar-refractivity contribution in [2.75, 3.05) is 7.11 Å². The van der Waals surface area contributed by atoms with E-state index < -0.39 is 11.9 Å². The number of ether oxygens (including phenoxy) is 2. The summed E-state index contributed by atoms with van der Waals surface area (Å²) in [6.07, 6.45) is 1.28. The third-order valence-corrected chi connectivity index (χ3v) is 2.72. The first-order chi connectivity index (χ1) is 6.74. The molecule has 14 heavy (non-hydrogen) atoms. The molecule has 5 heteroatoms. The Labute approximate surface area is 83.8 Å². The second-order valence-electron chi connectivity index (χ2n) is 2.61. The van der Waals surface area contributed by atoms with Crippen LogP contribution >= 0.6 is 11.3 Å². The summed E-state index contributed by atoms with van der Waals surface area (Å²) < 4.78 is 9.26. The van der Waals surface area contributed by atoms with Crippen molar-refractivity contribution in [2.24, 2.45) is 0 Å². The molecule has 0 fully saturated rings. The Morgan fingerprint density at radius 2 is 2.21 bits per heavy atom. The zero-order valence-electron chi connectivity index (χ0n) is 7.27. The first-order valence-electron chi connectivity index (χ1n) is 3.81. The number of carbonyl (C=O) groups excluding carboxylic acids is 2. The zero-order chi connectivity index (χ0) is 10.1. The van der Waals surface area contributed by atoms with E-state index in [9.17, 15) is 9.59 Å². The molecule has 0 unspecified atom stereocenters. The van der Waals surface area contributed by atoms with E-state index >= 15 is 0 Å². The molecule has 0 bridgehead atoms. The Bertz CT molecular complexity index is 430. The van der Waals surface area contributed by atoms with E-state index in [0.29, 0.717) is 10.4 Å². The molecular weight excluding hydrogens is 204 g/mol. The molecule has 2 rings (SSSR count). The SMILES string of the molecule is CO/C=C1/C(=O)OC(=O)c2ccsc21. The smallest absolute Gasteiger partial charge is 0.350 e. The Morgan fingerprint density at radius 3 is 2.93 bits per heavy atom. The average molecular weight is 210 g/mol. The lowest BCUT2D eigenvalue weighted by Gasteiger charge is -2.11. The molecule has 1 aliphatic rings. The lowest BCUT2D eigenvalue weighted by molar-refractivity contribution is -0.131. The van der Waals surface area contributed by atoms with Crippen molar-refractivity contribution in [3.63, 3.8) is 0 Å². The Hall–Kier alpha value is -1.62. The normalized spacial score (nSPS) is 17.9. The van der Waals surface area contributed by atoms with E-state index in [0.717, 1.165) is 0 Å². The third-order valence-electron chi connectivity index (χ3n) is 1.77. The Balaban J connectivity index is 2.57. The van der Waals surface area contributed by atoms with E-state index in [2.05, 4.69) is 4.74 Å². The number of methoxy groups -OCH3 is 1. The topological polar surface area (TPSA) is 52.6 Å². The van der Waals surface area contributed by atoms with Gasteiger partial charge < -0.3 is 9.47 Å². The van der Waals surface area contributed by atoms with Gasteiger partial charge in [-0.15, -0.1) is 11.3 Å². The number of rotatable bonds is 1. The van der Waals surface area contributed by atoms with Crippen LogP contribution in [-0.2, 0) is 14.3 Å². The standard InChI is InChI=1S/C9H6O4S/c1-12-4-6-7-5(2-3-14-7)8(10)13-9(6)11/h2-4H,1H3/b6-4+. The van der Waals surface area contributed by atoms with E-state index in [1.54, 1.807) is 11.4 Å². The lowest BCUT2D eigenvalue weighted by Crippen LogP contribution is -2.20. The molecule has 0 atom stereocenters. The maximum absolute atomic E-state index is 11.3. The van der Waals surface area contributed by atoms with Crippen LogP contribution in [0.4, 0.5) is 0 Å². The Kier molecular flexibility index (Phi) is 2.09. The highest BCUT2D eigenvalue weighted by Crippen LogP contribution is 2.31. The van der Waals surface area contributed by atoms with Crippen LogP contribution in [0.5, 0.6) is 0 Å². The van der Waals surface area contributed by atoms with E-state index in [1.807, 2.05) is 0 Å². The van der Waals surface area contributed by atoms with Crippen LogP contribution in [-0.4, -0.2) is 19.0 Å². The molecular formula is C9H6O4S. The summed E-state index contributed by atoms with van der Waals surface area (Å²) in [6, 6.07) is 1.62. The summed E-state index contributed by atoms with van der Waals surface area (Å²) in [4.78, 5) is 23.1. The predicted octanol–water partition coefficient (Wildman–Crippen LogP) is 1.43. The summed E-state index contributed by atoms with van der Waals surface area (Å²) in [5, 5.41) is 1.73. The number of cyclic esters (lactones) is 2. The van der Waals surface area contributed by atoms with Crippen LogP contribution in [0, 0.1) is 0 Å². The quantitative estimate of drug-likeness (QED) is 0.304. The first-order valence-corrected chi connectivity index (χ1v) is 4.69. The van der Waals surface area contributed by atoms with Gasteiger partial charge >= 0.3 is 11.9 Å². The summed E-state index contributed by atoms with van der Waals surface area (Å²) in [5.41, 5.74) is 0.704. The first kappa shape index (κ1) is 8.96. The fourth-order valence-electron chi connectivity index (χ4n) is 1.18. The molecule has 72 valence electrons. The van der Waals surface area contributed by atoms with Gasteiger partial charge in [-0.05, 0) is 11.4 Å². The van der Waals surface area contributed by atoms with Gasteiger partial charge in [-0.3, -0.25) is 0 Å². The molecule has 1 aromatic rings. The Morgan fingerprint density at radius 1 is 1.43 bits per heavy atom. The maximum atomic E-state index is 11.3. The molecule has 0 saturated heterocycles. The van der Waals surface area contributed by atoms with Gasteiger partial charge in [0.05, 0.1) is 23.8 Å². The molecule has 0 radical (unpaired) electrons. The molecule has 4 nitrogen and oxygen atoms in total. The van der Waals surface area contributed by atoms with Crippen molar-refractivity contribution in [3.05, 3.63) is 28.1 Å². The summed E-state index contributed by atoms with van der Waals surface area (Å²) in [6.45, 7) is 0. The lowest BCUT2D eigenvalue weighted by atomic mass is 10.1. The third kappa shape index (κ3) is 1.22. The average Bonchev–Trinajstić information content (AvgIpc) is 2.60. The molecule has 1 aromatic heterocycles. The van der Waals surface area contributed by atoms with Crippen LogP contribution in [0.25, 0.3) is 5.57 Å². The van der Waals surface area contributed by atoms with Gasteiger partial charge in [0.1, 0.15) is 5.57 Å². The second-order valence-corrected chi connectivity index (χ2v) is 3.52. The van der Waals surface area contributed by atoms with Crippen LogP contribution in [0.1, 0.15) is 15.2 Å². The van der Waals surface area contributed by atoms with Crippen LogP contribution in [0.2, 0.25) is 0 Å². The van der Waals surface area contributed by atoms with Gasteiger partial charge in [-0.1, -0.05) is 0 Å². The fraction of sp³-hybridized carbons (Fsp3) is 0.111. The van der Waals surface area contributed by atoms with Gasteiger partial charge in [0.2, 0.25) is 0 Å². The molecule has 0 aromatic carbocycles. The van der Waals surface area contributed by atoms with Crippen LogP contribution < -0.4 is 0 Å². The minimum atomic E-state index is -0.660. The largest absolute Gasteiger partial charge is 0.503 e. The molecule has 0 aliphatic carbocycles. The van der Waals surface area contributed by atoms with E-state index in [1.165, 1.54) is 24.7 Å². The predicted molar refractivity (Wildman–Crippen MR) is 49.7 cm³/mol. The van der Waals surface area contributed by atoms with Gasteiger partial charge in [-0.25, -0.2) is 9.59 Å². The minimum absolute atomic E-state index is 0.289. The monoisotopic (exact) mass is 210 g/mol. The van der Waals surface area contributed by atoms with E-state index in [-0.39, 0.29) is 5.57 Å². The minimum Gasteiger partial charge on any atom is -0.503 e. The van der Waals surface area contributed by atoms with Crippen molar-refractivity contribution in [3.8, 4) is 0 Å². The molecule has 1 aliphatic heterocycles. The number of hydrogen-bond donors (Lipinski definition) is 0. The molecule has 0 amide bonds. The number of fused-ring (bicyclic) bond motifs is 1. The number of thiophene rings is 1. The number of hydrogen-bond acceptors (Lipinski definition) is 5. The number of esters is 2. The van der Waals surface area contributed by atoms with Crippen molar-refractivity contribution in [1.82, 2.24) is 0 Å².